The van der Waals surface area contributed by atoms with Crippen molar-refractivity contribution < 1.29 is 22.8 Å². The van der Waals surface area contributed by atoms with E-state index < -0.39 is 17.7 Å². The lowest BCUT2D eigenvalue weighted by molar-refractivity contribution is -0.143. The zero-order valence-electron chi connectivity index (χ0n) is 14.2. The minimum Gasteiger partial charge on any atom is -0.318 e. The number of nitrogens with zero attached hydrogens (tertiary/aromatic N) is 4. The van der Waals surface area contributed by atoms with E-state index >= 15 is 0 Å². The van der Waals surface area contributed by atoms with Crippen molar-refractivity contribution in [3.63, 3.8) is 0 Å². The van der Waals surface area contributed by atoms with Crippen LogP contribution in [0.4, 0.5) is 13.2 Å². The van der Waals surface area contributed by atoms with Crippen LogP contribution >= 0.6 is 0 Å². The van der Waals surface area contributed by atoms with Crippen LogP contribution in [0.3, 0.4) is 0 Å². The number of oxime groups is 1. The molecular formula is C16H17F3N4O2. The summed E-state index contributed by atoms with van der Waals surface area (Å²) >= 11 is 0. The Hall–Kier alpha value is -2.71. The van der Waals surface area contributed by atoms with Crippen molar-refractivity contribution in [2.24, 2.45) is 5.16 Å². The molecular weight excluding hydrogens is 337 g/mol. The monoisotopic (exact) mass is 354 g/mol. The highest BCUT2D eigenvalue weighted by atomic mass is 19.4. The van der Waals surface area contributed by atoms with Gasteiger partial charge in [-0.05, 0) is 32.9 Å². The maximum Gasteiger partial charge on any atom is 0.416 e. The number of hydrogen-bond acceptors (Lipinski definition) is 5. The Balaban J connectivity index is 2.42. The molecule has 134 valence electrons. The number of pyridine rings is 1. The maximum absolute atomic E-state index is 13.0. The van der Waals surface area contributed by atoms with Crippen molar-refractivity contribution >= 4 is 11.7 Å². The maximum atomic E-state index is 13.0. The number of halogens is 3. The Morgan fingerprint density at radius 3 is 2.60 bits per heavy atom. The number of aromatic nitrogens is 3. The Morgan fingerprint density at radius 1 is 1.32 bits per heavy atom. The second-order valence-corrected chi connectivity index (χ2v) is 5.40. The van der Waals surface area contributed by atoms with E-state index in [1.165, 1.54) is 17.8 Å². The highest BCUT2D eigenvalue weighted by Gasteiger charge is 2.31. The van der Waals surface area contributed by atoms with Crippen LogP contribution < -0.4 is 0 Å². The van der Waals surface area contributed by atoms with E-state index in [1.54, 1.807) is 20.8 Å². The summed E-state index contributed by atoms with van der Waals surface area (Å²) in [5, 5.41) is 7.80. The van der Waals surface area contributed by atoms with Gasteiger partial charge in [-0.25, -0.2) is 14.5 Å². The first-order valence-electron chi connectivity index (χ1n) is 7.49. The van der Waals surface area contributed by atoms with Gasteiger partial charge in [-0.15, -0.1) is 0 Å². The molecule has 0 amide bonds. The Bertz CT molecular complexity index is 825. The summed E-state index contributed by atoms with van der Waals surface area (Å²) in [6.07, 6.45) is -2.86. The number of aryl methyl sites for hydroxylation is 1. The molecule has 0 bridgehead atoms. The summed E-state index contributed by atoms with van der Waals surface area (Å²) < 4.78 is 40.2. The van der Waals surface area contributed by atoms with Gasteiger partial charge in [0.2, 0.25) is 0 Å². The molecule has 0 aromatic carbocycles. The SMILES string of the molecule is CCC(=O)O/N=C(/C)c1cnn(-c2cc(C(F)(F)F)cc(C)n2)c1C. The summed E-state index contributed by atoms with van der Waals surface area (Å²) in [5.41, 5.74) is 0.882. The number of hydrogen-bond donors (Lipinski definition) is 0. The summed E-state index contributed by atoms with van der Waals surface area (Å²) in [7, 11) is 0. The standard InChI is InChI=1S/C16H17F3N4O2/c1-5-15(24)25-22-10(3)13-8-20-23(11(13)4)14-7-12(16(17,18)19)6-9(2)21-14/h6-8H,5H2,1-4H3/b22-10-. The second-order valence-electron chi connectivity index (χ2n) is 5.40. The van der Waals surface area contributed by atoms with Gasteiger partial charge >= 0.3 is 12.1 Å². The van der Waals surface area contributed by atoms with Crippen LogP contribution in [-0.2, 0) is 15.8 Å². The summed E-state index contributed by atoms with van der Waals surface area (Å²) in [4.78, 5) is 20.0. The van der Waals surface area contributed by atoms with E-state index in [9.17, 15) is 18.0 Å². The van der Waals surface area contributed by atoms with Crippen molar-refractivity contribution in [1.29, 1.82) is 0 Å². The van der Waals surface area contributed by atoms with Crippen molar-refractivity contribution in [2.75, 3.05) is 0 Å². The second kappa shape index (κ2) is 7.04. The third-order valence-electron chi connectivity index (χ3n) is 3.46. The number of carbonyl (C=O) groups excluding carboxylic acids is 1. The average molecular weight is 354 g/mol. The molecule has 0 saturated carbocycles. The fraction of sp³-hybridized carbons (Fsp3) is 0.375. The lowest BCUT2D eigenvalue weighted by atomic mass is 10.2. The van der Waals surface area contributed by atoms with Gasteiger partial charge in [0.15, 0.2) is 5.82 Å². The first kappa shape index (κ1) is 18.6. The minimum absolute atomic E-state index is 0.0504. The molecule has 2 heterocycles. The van der Waals surface area contributed by atoms with Gasteiger partial charge in [0.1, 0.15) is 0 Å². The van der Waals surface area contributed by atoms with Gasteiger partial charge in [0, 0.05) is 17.7 Å². The summed E-state index contributed by atoms with van der Waals surface area (Å²) in [6, 6.07) is 1.90. The highest BCUT2D eigenvalue weighted by Crippen LogP contribution is 2.30. The first-order chi connectivity index (χ1) is 11.6. The van der Waals surface area contributed by atoms with E-state index in [-0.39, 0.29) is 17.9 Å². The topological polar surface area (TPSA) is 69.4 Å². The molecule has 0 fully saturated rings. The number of rotatable bonds is 4. The molecule has 0 aliphatic rings. The van der Waals surface area contributed by atoms with Gasteiger partial charge in [-0.2, -0.15) is 18.3 Å². The molecule has 0 aliphatic heterocycles. The van der Waals surface area contributed by atoms with Crippen molar-refractivity contribution in [3.8, 4) is 5.82 Å². The van der Waals surface area contributed by atoms with Gasteiger partial charge in [0.25, 0.3) is 0 Å². The first-order valence-corrected chi connectivity index (χ1v) is 7.49. The molecule has 9 heteroatoms. The molecule has 0 N–H and O–H groups in total. The van der Waals surface area contributed by atoms with Crippen molar-refractivity contribution in [1.82, 2.24) is 14.8 Å². The molecule has 0 spiro atoms. The van der Waals surface area contributed by atoms with E-state index in [4.69, 9.17) is 4.84 Å². The molecule has 0 atom stereocenters. The van der Waals surface area contributed by atoms with Crippen molar-refractivity contribution in [2.45, 2.75) is 40.3 Å². The highest BCUT2D eigenvalue weighted by molar-refractivity contribution is 5.99. The lowest BCUT2D eigenvalue weighted by Gasteiger charge is -2.11. The Labute approximate surface area is 142 Å². The third kappa shape index (κ3) is 4.23. The molecule has 2 aromatic rings. The molecule has 0 unspecified atom stereocenters. The van der Waals surface area contributed by atoms with E-state index in [0.717, 1.165) is 12.1 Å². The molecule has 0 aliphatic carbocycles. The van der Waals surface area contributed by atoms with Gasteiger partial charge in [-0.3, -0.25) is 0 Å². The Morgan fingerprint density at radius 2 is 2.00 bits per heavy atom. The average Bonchev–Trinajstić information content (AvgIpc) is 2.92. The zero-order chi connectivity index (χ0) is 18.8. The predicted octanol–water partition coefficient (Wildman–Crippen LogP) is 3.58. The summed E-state index contributed by atoms with van der Waals surface area (Å²) in [5.74, 6) is -0.436. The molecule has 2 aromatic heterocycles. The van der Waals surface area contributed by atoms with E-state index in [2.05, 4.69) is 15.2 Å². The number of carbonyl (C=O) groups is 1. The van der Waals surface area contributed by atoms with Crippen LogP contribution in [0.1, 0.15) is 42.8 Å². The van der Waals surface area contributed by atoms with Crippen LogP contribution in [0.15, 0.2) is 23.5 Å². The lowest BCUT2D eigenvalue weighted by Crippen LogP contribution is -2.10. The van der Waals surface area contributed by atoms with E-state index in [0.29, 0.717) is 17.0 Å². The fourth-order valence-corrected chi connectivity index (χ4v) is 2.15. The van der Waals surface area contributed by atoms with Crippen LogP contribution in [0.25, 0.3) is 5.82 Å². The Kier molecular flexibility index (Phi) is 5.24. The quantitative estimate of drug-likeness (QED) is 0.478. The number of alkyl halides is 3. The van der Waals surface area contributed by atoms with Gasteiger partial charge in [-0.1, -0.05) is 12.1 Å². The van der Waals surface area contributed by atoms with Gasteiger partial charge in [0.05, 0.1) is 23.2 Å². The normalized spacial score (nSPS) is 12.4. The van der Waals surface area contributed by atoms with Crippen LogP contribution in [0, 0.1) is 13.8 Å². The zero-order valence-corrected chi connectivity index (χ0v) is 14.2. The minimum atomic E-state index is -4.47. The van der Waals surface area contributed by atoms with Crippen LogP contribution in [-0.4, -0.2) is 26.4 Å². The predicted molar refractivity (Wildman–Crippen MR) is 84.4 cm³/mol. The molecule has 0 saturated heterocycles. The van der Waals surface area contributed by atoms with Crippen LogP contribution in [0.2, 0.25) is 0 Å². The third-order valence-corrected chi connectivity index (χ3v) is 3.46. The molecule has 0 radical (unpaired) electrons. The van der Waals surface area contributed by atoms with E-state index in [1.807, 2.05) is 0 Å². The van der Waals surface area contributed by atoms with Gasteiger partial charge < -0.3 is 4.84 Å². The molecule has 25 heavy (non-hydrogen) atoms. The smallest absolute Gasteiger partial charge is 0.318 e. The molecule has 2 rings (SSSR count). The van der Waals surface area contributed by atoms with Crippen molar-refractivity contribution in [3.05, 3.63) is 40.8 Å². The fourth-order valence-electron chi connectivity index (χ4n) is 2.15. The molecule has 6 nitrogen and oxygen atoms in total. The largest absolute Gasteiger partial charge is 0.416 e. The van der Waals surface area contributed by atoms with Crippen LogP contribution in [0.5, 0.6) is 0 Å². The summed E-state index contributed by atoms with van der Waals surface area (Å²) in [6.45, 7) is 6.40.